The van der Waals surface area contributed by atoms with E-state index in [0.29, 0.717) is 28.4 Å². The first kappa shape index (κ1) is 22.2. The lowest BCUT2D eigenvalue weighted by atomic mass is 10.0. The number of anilines is 1. The molecule has 1 fully saturated rings. The van der Waals surface area contributed by atoms with Crippen molar-refractivity contribution in [2.24, 2.45) is 5.73 Å². The zero-order valence-corrected chi connectivity index (χ0v) is 17.4. The quantitative estimate of drug-likeness (QED) is 0.763. The molecule has 0 radical (unpaired) electrons. The Morgan fingerprint density at radius 1 is 1.18 bits per heavy atom. The molecule has 0 aliphatic carbocycles. The van der Waals surface area contributed by atoms with Gasteiger partial charge in [0.2, 0.25) is 0 Å². The van der Waals surface area contributed by atoms with E-state index in [2.05, 4.69) is 12.2 Å². The molecule has 3 rings (SSSR count). The first-order valence-corrected chi connectivity index (χ1v) is 9.58. The third-order valence-corrected chi connectivity index (χ3v) is 5.29. The Balaban J connectivity index is 0.00000280. The minimum absolute atomic E-state index is 0. The molecule has 1 heterocycles. The standard InChI is InChI=1S/C21H24ClN3O2.ClH/c1-14-4-2-3-11-25(14)21(27)18-10-9-17(12-19(18)22)24-20(26)16-7-5-15(13-23)6-8-16;/h5-10,12,14H,2-4,11,13,23H2,1H3,(H,24,26);1H. The Kier molecular flexibility index (Phi) is 7.87. The summed E-state index contributed by atoms with van der Waals surface area (Å²) in [5.74, 6) is -0.291. The number of nitrogens with two attached hydrogens (primary N) is 1. The average molecular weight is 422 g/mol. The number of rotatable bonds is 4. The second-order valence-corrected chi connectivity index (χ2v) is 7.30. The molecule has 3 N–H and O–H groups in total. The number of hydrogen-bond acceptors (Lipinski definition) is 3. The second kappa shape index (κ2) is 9.92. The molecule has 7 heteroatoms. The zero-order chi connectivity index (χ0) is 19.4. The van der Waals surface area contributed by atoms with Crippen LogP contribution >= 0.6 is 24.0 Å². The molecular weight excluding hydrogens is 397 g/mol. The summed E-state index contributed by atoms with van der Waals surface area (Å²) in [4.78, 5) is 27.0. The minimum Gasteiger partial charge on any atom is -0.336 e. The van der Waals surface area contributed by atoms with Crippen LogP contribution in [0.4, 0.5) is 5.69 Å². The third-order valence-electron chi connectivity index (χ3n) is 4.97. The second-order valence-electron chi connectivity index (χ2n) is 6.89. The fraction of sp³-hybridized carbons (Fsp3) is 0.333. The number of likely N-dealkylation sites (tertiary alicyclic amines) is 1. The maximum Gasteiger partial charge on any atom is 0.255 e. The highest BCUT2D eigenvalue weighted by Gasteiger charge is 2.25. The van der Waals surface area contributed by atoms with Crippen molar-refractivity contribution < 1.29 is 9.59 Å². The number of halogens is 2. The Morgan fingerprint density at radius 3 is 2.50 bits per heavy atom. The van der Waals surface area contributed by atoms with E-state index < -0.39 is 0 Å². The minimum atomic E-state index is -0.238. The molecule has 2 amide bonds. The largest absolute Gasteiger partial charge is 0.336 e. The highest BCUT2D eigenvalue weighted by atomic mass is 35.5. The lowest BCUT2D eigenvalue weighted by Gasteiger charge is -2.33. The van der Waals surface area contributed by atoms with Crippen LogP contribution in [0.15, 0.2) is 42.5 Å². The van der Waals surface area contributed by atoms with Crippen molar-refractivity contribution in [1.82, 2.24) is 4.90 Å². The van der Waals surface area contributed by atoms with Crippen LogP contribution in [-0.2, 0) is 6.54 Å². The van der Waals surface area contributed by atoms with Crippen LogP contribution < -0.4 is 11.1 Å². The molecule has 1 unspecified atom stereocenters. The zero-order valence-electron chi connectivity index (χ0n) is 15.8. The first-order valence-electron chi connectivity index (χ1n) is 9.20. The number of amides is 2. The molecular formula is C21H25Cl2N3O2. The van der Waals surface area contributed by atoms with Crippen molar-refractivity contribution in [3.8, 4) is 0 Å². The Hall–Kier alpha value is -2.08. The normalized spacial score (nSPS) is 16.2. The van der Waals surface area contributed by atoms with Gasteiger partial charge in [0.05, 0.1) is 10.6 Å². The lowest BCUT2D eigenvalue weighted by Crippen LogP contribution is -2.42. The van der Waals surface area contributed by atoms with Gasteiger partial charge >= 0.3 is 0 Å². The number of benzene rings is 2. The van der Waals surface area contributed by atoms with Gasteiger partial charge in [0.1, 0.15) is 0 Å². The SMILES string of the molecule is CC1CCCCN1C(=O)c1ccc(NC(=O)c2ccc(CN)cc2)cc1Cl.Cl. The monoisotopic (exact) mass is 421 g/mol. The van der Waals surface area contributed by atoms with Gasteiger partial charge in [-0.1, -0.05) is 23.7 Å². The molecule has 5 nitrogen and oxygen atoms in total. The van der Waals surface area contributed by atoms with E-state index in [4.69, 9.17) is 17.3 Å². The van der Waals surface area contributed by atoms with Crippen LogP contribution in [0.2, 0.25) is 5.02 Å². The molecule has 1 aliphatic heterocycles. The summed E-state index contributed by atoms with van der Waals surface area (Å²) in [6.07, 6.45) is 3.18. The van der Waals surface area contributed by atoms with Crippen molar-refractivity contribution in [1.29, 1.82) is 0 Å². The van der Waals surface area contributed by atoms with Crippen molar-refractivity contribution in [3.05, 3.63) is 64.2 Å². The predicted molar refractivity (Wildman–Crippen MR) is 115 cm³/mol. The van der Waals surface area contributed by atoms with E-state index in [1.807, 2.05) is 17.0 Å². The van der Waals surface area contributed by atoms with Gasteiger partial charge in [0, 0.05) is 30.4 Å². The fourth-order valence-electron chi connectivity index (χ4n) is 3.32. The summed E-state index contributed by atoms with van der Waals surface area (Å²) >= 11 is 6.35. The average Bonchev–Trinajstić information content (AvgIpc) is 2.68. The van der Waals surface area contributed by atoms with Crippen LogP contribution in [0.25, 0.3) is 0 Å². The summed E-state index contributed by atoms with van der Waals surface area (Å²) in [6.45, 7) is 3.26. The van der Waals surface area contributed by atoms with Crippen molar-refractivity contribution >= 4 is 41.5 Å². The van der Waals surface area contributed by atoms with E-state index in [9.17, 15) is 9.59 Å². The lowest BCUT2D eigenvalue weighted by molar-refractivity contribution is 0.0635. The maximum atomic E-state index is 12.8. The molecule has 0 spiro atoms. The third kappa shape index (κ3) is 5.04. The highest BCUT2D eigenvalue weighted by Crippen LogP contribution is 2.26. The molecule has 1 saturated heterocycles. The molecule has 0 aromatic heterocycles. The fourth-order valence-corrected chi connectivity index (χ4v) is 3.58. The maximum absolute atomic E-state index is 12.8. The van der Waals surface area contributed by atoms with E-state index in [-0.39, 0.29) is 30.3 Å². The van der Waals surface area contributed by atoms with Crippen molar-refractivity contribution in [2.45, 2.75) is 38.8 Å². The molecule has 0 bridgehead atoms. The summed E-state index contributed by atoms with van der Waals surface area (Å²) in [5, 5.41) is 3.15. The number of carbonyl (C=O) groups excluding carboxylic acids is 2. The van der Waals surface area contributed by atoms with Gasteiger partial charge in [-0.3, -0.25) is 9.59 Å². The van der Waals surface area contributed by atoms with Crippen LogP contribution in [0, 0.1) is 0 Å². The smallest absolute Gasteiger partial charge is 0.255 e. The van der Waals surface area contributed by atoms with Gasteiger partial charge in [-0.2, -0.15) is 0 Å². The van der Waals surface area contributed by atoms with Crippen LogP contribution in [-0.4, -0.2) is 29.3 Å². The van der Waals surface area contributed by atoms with Gasteiger partial charge < -0.3 is 16.0 Å². The molecule has 2 aromatic rings. The number of nitrogens with one attached hydrogen (secondary N) is 1. The predicted octanol–water partition coefficient (Wildman–Crippen LogP) is 4.49. The summed E-state index contributed by atoms with van der Waals surface area (Å²) in [5.41, 5.74) is 8.09. The van der Waals surface area contributed by atoms with Gasteiger partial charge in [-0.15, -0.1) is 12.4 Å². The Bertz CT molecular complexity index is 840. The number of nitrogens with zero attached hydrogens (tertiary/aromatic N) is 1. The van der Waals surface area contributed by atoms with E-state index in [1.165, 1.54) is 0 Å². The Morgan fingerprint density at radius 2 is 1.89 bits per heavy atom. The van der Waals surface area contributed by atoms with Gasteiger partial charge in [0.25, 0.3) is 11.8 Å². The van der Waals surface area contributed by atoms with E-state index in [0.717, 1.165) is 31.4 Å². The van der Waals surface area contributed by atoms with E-state index in [1.54, 1.807) is 30.3 Å². The molecule has 0 saturated carbocycles. The molecule has 1 atom stereocenters. The van der Waals surface area contributed by atoms with Crippen LogP contribution in [0.1, 0.15) is 52.5 Å². The summed E-state index contributed by atoms with van der Waals surface area (Å²) in [7, 11) is 0. The first-order chi connectivity index (χ1) is 13.0. The topological polar surface area (TPSA) is 75.4 Å². The molecule has 2 aromatic carbocycles. The van der Waals surface area contributed by atoms with Crippen LogP contribution in [0.3, 0.4) is 0 Å². The van der Waals surface area contributed by atoms with E-state index >= 15 is 0 Å². The van der Waals surface area contributed by atoms with Gasteiger partial charge in [-0.05, 0) is 62.1 Å². The van der Waals surface area contributed by atoms with Gasteiger partial charge in [0.15, 0.2) is 0 Å². The number of carbonyl (C=O) groups is 2. The number of hydrogen-bond donors (Lipinski definition) is 2. The van der Waals surface area contributed by atoms with Crippen molar-refractivity contribution in [3.63, 3.8) is 0 Å². The summed E-state index contributed by atoms with van der Waals surface area (Å²) < 4.78 is 0. The van der Waals surface area contributed by atoms with Crippen molar-refractivity contribution in [2.75, 3.05) is 11.9 Å². The molecule has 150 valence electrons. The number of piperidine rings is 1. The summed E-state index contributed by atoms with van der Waals surface area (Å²) in [6, 6.07) is 12.3. The molecule has 1 aliphatic rings. The molecule has 28 heavy (non-hydrogen) atoms. The highest BCUT2D eigenvalue weighted by molar-refractivity contribution is 6.34. The van der Waals surface area contributed by atoms with Gasteiger partial charge in [-0.25, -0.2) is 0 Å². The Labute approximate surface area is 176 Å². The van der Waals surface area contributed by atoms with Crippen LogP contribution in [0.5, 0.6) is 0 Å².